The highest BCUT2D eigenvalue weighted by atomic mass is 16.6. The molecule has 0 saturated heterocycles. The number of nitrogens with one attached hydrogen (secondary N) is 2. The summed E-state index contributed by atoms with van der Waals surface area (Å²) < 4.78 is 10.9. The zero-order valence-corrected chi connectivity index (χ0v) is 20.5. The molecule has 13 nitrogen and oxygen atoms in total. The summed E-state index contributed by atoms with van der Waals surface area (Å²) in [4.78, 5) is 46.4. The van der Waals surface area contributed by atoms with E-state index >= 15 is 0 Å². The van der Waals surface area contributed by atoms with Crippen LogP contribution in [0.2, 0.25) is 0 Å². The first kappa shape index (κ1) is 26.0. The molecule has 4 rings (SSSR count). The number of nitrogens with zero attached hydrogens (tertiary/aromatic N) is 3. The minimum Gasteiger partial charge on any atom is -0.462 e. The van der Waals surface area contributed by atoms with Gasteiger partial charge in [0.2, 0.25) is 0 Å². The Morgan fingerprint density at radius 2 is 1.84 bits per heavy atom. The van der Waals surface area contributed by atoms with Gasteiger partial charge in [-0.15, -0.1) is 0 Å². The third-order valence-corrected chi connectivity index (χ3v) is 5.90. The lowest BCUT2D eigenvalue weighted by Crippen LogP contribution is -2.16. The first-order chi connectivity index (χ1) is 18.2. The van der Waals surface area contributed by atoms with Gasteiger partial charge in [-0.05, 0) is 44.9 Å². The van der Waals surface area contributed by atoms with Crippen molar-refractivity contribution in [2.24, 2.45) is 5.10 Å². The van der Waals surface area contributed by atoms with Crippen LogP contribution in [0.5, 0.6) is 0 Å². The molecule has 1 aliphatic carbocycles. The van der Waals surface area contributed by atoms with Gasteiger partial charge in [0.25, 0.3) is 11.6 Å². The van der Waals surface area contributed by atoms with Gasteiger partial charge in [0.15, 0.2) is 5.76 Å². The molecule has 13 heteroatoms. The topological polar surface area (TPSA) is 179 Å². The summed E-state index contributed by atoms with van der Waals surface area (Å²) in [6.07, 6.45) is 1.73. The number of nitro groups is 2. The molecule has 0 fully saturated rings. The third kappa shape index (κ3) is 5.21. The number of carbonyl (C=O) groups excluding carboxylic acids is 2. The first-order valence-electron chi connectivity index (χ1n) is 11.7. The van der Waals surface area contributed by atoms with Gasteiger partial charge in [-0.25, -0.2) is 4.79 Å². The second kappa shape index (κ2) is 10.9. The number of amides is 1. The summed E-state index contributed by atoms with van der Waals surface area (Å²) in [5.74, 6) is -0.549. The van der Waals surface area contributed by atoms with Crippen LogP contribution >= 0.6 is 0 Å². The number of hydrogen-bond acceptors (Lipinski definition) is 10. The van der Waals surface area contributed by atoms with E-state index in [0.717, 1.165) is 12.1 Å². The van der Waals surface area contributed by atoms with Crippen molar-refractivity contribution in [2.45, 2.75) is 33.1 Å². The quantitative estimate of drug-likeness (QED) is 0.235. The number of anilines is 2. The number of hydrogen-bond donors (Lipinski definition) is 2. The van der Waals surface area contributed by atoms with Gasteiger partial charge >= 0.3 is 11.7 Å². The number of para-hydroxylation sites is 1. The molecule has 3 aromatic rings. The summed E-state index contributed by atoms with van der Waals surface area (Å²) in [6, 6.07) is 9.66. The molecule has 38 heavy (non-hydrogen) atoms. The molecule has 0 saturated carbocycles. The molecule has 1 amide bonds. The van der Waals surface area contributed by atoms with E-state index in [-0.39, 0.29) is 29.3 Å². The van der Waals surface area contributed by atoms with Crippen LogP contribution in [0, 0.1) is 27.2 Å². The highest BCUT2D eigenvalue weighted by Gasteiger charge is 2.29. The van der Waals surface area contributed by atoms with Crippen molar-refractivity contribution < 1.29 is 28.6 Å². The number of furan rings is 1. The second-order valence-corrected chi connectivity index (χ2v) is 8.31. The lowest BCUT2D eigenvalue weighted by atomic mass is 9.93. The van der Waals surface area contributed by atoms with Crippen molar-refractivity contribution in [1.29, 1.82) is 0 Å². The minimum absolute atomic E-state index is 0.0186. The van der Waals surface area contributed by atoms with E-state index in [2.05, 4.69) is 15.8 Å². The van der Waals surface area contributed by atoms with Gasteiger partial charge in [-0.3, -0.25) is 30.4 Å². The average molecular weight is 521 g/mol. The Morgan fingerprint density at radius 1 is 1.08 bits per heavy atom. The summed E-state index contributed by atoms with van der Waals surface area (Å²) in [5, 5.41) is 29.5. The fraction of sp³-hybridized carbons (Fsp3) is 0.240. The zero-order chi connectivity index (χ0) is 27.4. The number of hydrazone groups is 1. The number of carbonyl (C=O) groups is 2. The van der Waals surface area contributed by atoms with E-state index in [1.54, 1.807) is 38.1 Å². The van der Waals surface area contributed by atoms with Crippen molar-refractivity contribution in [3.05, 3.63) is 90.9 Å². The van der Waals surface area contributed by atoms with E-state index in [1.165, 1.54) is 6.07 Å². The average Bonchev–Trinajstić information content (AvgIpc) is 3.24. The van der Waals surface area contributed by atoms with Crippen LogP contribution in [-0.4, -0.2) is 34.0 Å². The van der Waals surface area contributed by atoms with Crippen molar-refractivity contribution in [3.8, 4) is 0 Å². The highest BCUT2D eigenvalue weighted by molar-refractivity contribution is 6.11. The van der Waals surface area contributed by atoms with E-state index < -0.39 is 33.1 Å². The summed E-state index contributed by atoms with van der Waals surface area (Å²) in [7, 11) is 0. The standard InChI is InChI=1S/C25H23N5O8/c1-3-37-25(32)16-7-4-5-8-17(16)26-24(31)23-14(2)22-19(9-6-10-21(22)38-23)28-27-18-12-11-15(29(33)34)13-20(18)30(35)36/h4-5,7-8,11-13,27H,3,6,9-10H2,1-2H3,(H,26,31). The number of aryl methyl sites for hydroxylation is 1. The number of benzene rings is 2. The smallest absolute Gasteiger partial charge is 0.340 e. The van der Waals surface area contributed by atoms with Crippen LogP contribution in [0.15, 0.2) is 52.0 Å². The Kier molecular flexibility index (Phi) is 7.46. The van der Waals surface area contributed by atoms with Gasteiger partial charge in [-0.1, -0.05) is 12.1 Å². The van der Waals surface area contributed by atoms with E-state index in [1.807, 2.05) is 0 Å². The number of non-ortho nitro benzene ring substituents is 1. The molecular formula is C25H23N5O8. The Morgan fingerprint density at radius 3 is 2.55 bits per heavy atom. The molecule has 1 aromatic heterocycles. The SMILES string of the molecule is CCOC(=O)c1ccccc1NC(=O)c1oc2c(c1C)C(=NNc1ccc([N+](=O)[O-])cc1[N+](=O)[O-])CCC2. The van der Waals surface area contributed by atoms with Crippen LogP contribution < -0.4 is 10.7 Å². The van der Waals surface area contributed by atoms with Crippen molar-refractivity contribution in [1.82, 2.24) is 0 Å². The van der Waals surface area contributed by atoms with E-state index in [4.69, 9.17) is 9.15 Å². The molecule has 196 valence electrons. The molecule has 1 aliphatic rings. The van der Waals surface area contributed by atoms with Crippen molar-refractivity contribution in [2.75, 3.05) is 17.3 Å². The largest absolute Gasteiger partial charge is 0.462 e. The molecule has 0 bridgehead atoms. The summed E-state index contributed by atoms with van der Waals surface area (Å²) in [6.45, 7) is 3.57. The number of rotatable bonds is 8. The van der Waals surface area contributed by atoms with Gasteiger partial charge in [-0.2, -0.15) is 5.10 Å². The maximum absolute atomic E-state index is 13.1. The monoisotopic (exact) mass is 521 g/mol. The fourth-order valence-corrected chi connectivity index (χ4v) is 4.16. The van der Waals surface area contributed by atoms with Crippen molar-refractivity contribution in [3.63, 3.8) is 0 Å². The number of esters is 1. The Hall–Kier alpha value is -5.07. The van der Waals surface area contributed by atoms with Crippen LogP contribution in [0.1, 0.15) is 57.6 Å². The van der Waals surface area contributed by atoms with Crippen LogP contribution in [0.3, 0.4) is 0 Å². The van der Waals surface area contributed by atoms with Crippen LogP contribution in [0.25, 0.3) is 0 Å². The predicted molar refractivity (Wildman–Crippen MR) is 137 cm³/mol. The summed E-state index contributed by atoms with van der Waals surface area (Å²) >= 11 is 0. The predicted octanol–water partition coefficient (Wildman–Crippen LogP) is 4.99. The van der Waals surface area contributed by atoms with Gasteiger partial charge in [0.1, 0.15) is 11.4 Å². The highest BCUT2D eigenvalue weighted by Crippen LogP contribution is 2.32. The van der Waals surface area contributed by atoms with E-state index in [9.17, 15) is 29.8 Å². The third-order valence-electron chi connectivity index (χ3n) is 5.90. The van der Waals surface area contributed by atoms with Gasteiger partial charge in [0.05, 0.1) is 39.5 Å². The Labute approximate surface area is 215 Å². The van der Waals surface area contributed by atoms with Gasteiger partial charge < -0.3 is 14.5 Å². The molecule has 0 unspecified atom stereocenters. The molecule has 0 atom stereocenters. The number of fused-ring (bicyclic) bond motifs is 1. The summed E-state index contributed by atoms with van der Waals surface area (Å²) in [5.41, 5.74) is 3.82. The first-order valence-corrected chi connectivity index (χ1v) is 11.7. The normalized spacial score (nSPS) is 13.5. The number of nitro benzene ring substituents is 2. The van der Waals surface area contributed by atoms with Crippen LogP contribution in [0.4, 0.5) is 22.7 Å². The molecule has 0 aliphatic heterocycles. The maximum Gasteiger partial charge on any atom is 0.340 e. The maximum atomic E-state index is 13.1. The van der Waals surface area contributed by atoms with Crippen LogP contribution in [-0.2, 0) is 11.2 Å². The molecule has 0 spiro atoms. The molecule has 1 heterocycles. The number of ether oxygens (including phenoxy) is 1. The molecule has 2 aromatic carbocycles. The molecule has 2 N–H and O–H groups in total. The zero-order valence-electron chi connectivity index (χ0n) is 20.5. The minimum atomic E-state index is -0.735. The molecule has 0 radical (unpaired) electrons. The van der Waals surface area contributed by atoms with Gasteiger partial charge in [0, 0.05) is 23.6 Å². The van der Waals surface area contributed by atoms with E-state index in [0.29, 0.717) is 41.9 Å². The lowest BCUT2D eigenvalue weighted by molar-refractivity contribution is -0.393. The second-order valence-electron chi connectivity index (χ2n) is 8.31. The Balaban J connectivity index is 1.62. The Bertz CT molecular complexity index is 1480. The fourth-order valence-electron chi connectivity index (χ4n) is 4.16. The van der Waals surface area contributed by atoms with Crippen molar-refractivity contribution >= 4 is 40.3 Å². The lowest BCUT2D eigenvalue weighted by Gasteiger charge is -2.14. The molecular weight excluding hydrogens is 498 g/mol.